The molecule has 0 amide bonds. The first kappa shape index (κ1) is 14.7. The van der Waals surface area contributed by atoms with Gasteiger partial charge in [0.1, 0.15) is 0 Å². The van der Waals surface area contributed by atoms with Crippen molar-refractivity contribution in [2.75, 3.05) is 0 Å². The fraction of sp³-hybridized carbons (Fsp3) is 0.0769. The normalized spacial score (nSPS) is 12.2. The van der Waals surface area contributed by atoms with Crippen LogP contribution in [-0.2, 0) is 5.75 Å². The highest BCUT2D eigenvalue weighted by Crippen LogP contribution is 2.15. The first-order valence-corrected chi connectivity index (χ1v) is 7.48. The van der Waals surface area contributed by atoms with Gasteiger partial charge < -0.3 is 5.73 Å². The van der Waals surface area contributed by atoms with Gasteiger partial charge >= 0.3 is 0 Å². The third-order valence-electron chi connectivity index (χ3n) is 2.26. The number of rotatable bonds is 4. The Morgan fingerprint density at radius 2 is 2.15 bits per heavy atom. The summed E-state index contributed by atoms with van der Waals surface area (Å²) in [6.45, 7) is 0. The topological polar surface area (TPSA) is 50.7 Å². The van der Waals surface area contributed by atoms with E-state index in [0.29, 0.717) is 11.3 Å². The zero-order valence-electron chi connectivity index (χ0n) is 10.3. The molecule has 0 aliphatic heterocycles. The molecule has 0 aliphatic rings. The van der Waals surface area contributed by atoms with Crippen LogP contribution in [0, 0.1) is 11.6 Å². The van der Waals surface area contributed by atoms with Gasteiger partial charge in [-0.15, -0.1) is 16.4 Å². The van der Waals surface area contributed by atoms with Crippen LogP contribution in [0.15, 0.2) is 45.9 Å². The maximum Gasteiger partial charge on any atom is 0.180 e. The number of hydrogen-bond donors (Lipinski definition) is 1. The Balaban J connectivity index is 1.88. The standard InChI is InChI=1S/C13H11F2N3S2/c14-11-4-3-9(6-12(11)15)8-20-13(16)18-17-7-10-2-1-5-19-10/h1-7H,8H2,(H2,16,18)/b17-7-. The molecule has 0 saturated carbocycles. The largest absolute Gasteiger partial charge is 0.377 e. The van der Waals surface area contributed by atoms with Crippen molar-refractivity contribution in [3.63, 3.8) is 0 Å². The van der Waals surface area contributed by atoms with Crippen molar-refractivity contribution in [2.45, 2.75) is 5.75 Å². The average molecular weight is 311 g/mol. The lowest BCUT2D eigenvalue weighted by molar-refractivity contribution is 0.507. The lowest BCUT2D eigenvalue weighted by Gasteiger charge is -2.01. The van der Waals surface area contributed by atoms with Gasteiger partial charge in [0.05, 0.1) is 6.21 Å². The summed E-state index contributed by atoms with van der Waals surface area (Å²) in [5.74, 6) is -1.32. The summed E-state index contributed by atoms with van der Waals surface area (Å²) in [7, 11) is 0. The van der Waals surface area contributed by atoms with Gasteiger partial charge in [-0.3, -0.25) is 0 Å². The maximum absolute atomic E-state index is 13.0. The summed E-state index contributed by atoms with van der Waals surface area (Å²) in [5, 5.41) is 9.87. The maximum atomic E-state index is 13.0. The van der Waals surface area contributed by atoms with Gasteiger partial charge in [0.25, 0.3) is 0 Å². The van der Waals surface area contributed by atoms with Crippen molar-refractivity contribution in [1.82, 2.24) is 0 Å². The predicted octanol–water partition coefficient (Wildman–Crippen LogP) is 3.61. The van der Waals surface area contributed by atoms with Crippen LogP contribution in [0.5, 0.6) is 0 Å². The molecule has 1 heterocycles. The number of thiophene rings is 1. The van der Waals surface area contributed by atoms with Gasteiger partial charge in [-0.1, -0.05) is 23.9 Å². The molecule has 20 heavy (non-hydrogen) atoms. The number of thioether (sulfide) groups is 1. The van der Waals surface area contributed by atoms with Crippen molar-refractivity contribution in [3.05, 3.63) is 57.8 Å². The van der Waals surface area contributed by atoms with Crippen LogP contribution in [0.25, 0.3) is 0 Å². The number of nitrogens with two attached hydrogens (primary N) is 1. The van der Waals surface area contributed by atoms with Crippen LogP contribution >= 0.6 is 23.1 Å². The molecule has 2 aromatic rings. The van der Waals surface area contributed by atoms with E-state index in [9.17, 15) is 8.78 Å². The highest BCUT2D eigenvalue weighted by Gasteiger charge is 2.03. The van der Waals surface area contributed by atoms with E-state index in [0.717, 1.165) is 17.0 Å². The number of amidine groups is 1. The minimum Gasteiger partial charge on any atom is -0.377 e. The molecule has 0 aliphatic carbocycles. The Labute approximate surface area is 123 Å². The third kappa shape index (κ3) is 4.43. The monoisotopic (exact) mass is 311 g/mol. The van der Waals surface area contributed by atoms with Gasteiger partial charge in [-0.05, 0) is 29.1 Å². The summed E-state index contributed by atoms with van der Waals surface area (Å²) in [6.07, 6.45) is 1.61. The predicted molar refractivity (Wildman–Crippen MR) is 81.2 cm³/mol. The number of hydrogen-bond acceptors (Lipinski definition) is 4. The summed E-state index contributed by atoms with van der Waals surface area (Å²) >= 11 is 2.75. The van der Waals surface area contributed by atoms with Gasteiger partial charge in [-0.25, -0.2) is 8.78 Å². The van der Waals surface area contributed by atoms with Gasteiger partial charge in [0.2, 0.25) is 0 Å². The van der Waals surface area contributed by atoms with Crippen LogP contribution in [0.4, 0.5) is 8.78 Å². The lowest BCUT2D eigenvalue weighted by Crippen LogP contribution is -2.06. The second kappa shape index (κ2) is 7.16. The molecule has 2 N–H and O–H groups in total. The second-order valence-electron chi connectivity index (χ2n) is 3.74. The molecule has 0 atom stereocenters. The first-order valence-electron chi connectivity index (χ1n) is 5.62. The van der Waals surface area contributed by atoms with Crippen LogP contribution in [0.1, 0.15) is 10.4 Å². The van der Waals surface area contributed by atoms with Gasteiger partial charge in [0.15, 0.2) is 16.8 Å². The first-order chi connectivity index (χ1) is 9.65. The molecule has 0 bridgehead atoms. The lowest BCUT2D eigenvalue weighted by atomic mass is 10.2. The summed E-state index contributed by atoms with van der Waals surface area (Å²) < 4.78 is 25.7. The van der Waals surface area contributed by atoms with Crippen LogP contribution < -0.4 is 5.73 Å². The van der Waals surface area contributed by atoms with Crippen molar-refractivity contribution in [3.8, 4) is 0 Å². The molecular weight excluding hydrogens is 300 g/mol. The molecule has 7 heteroatoms. The molecule has 1 aromatic heterocycles. The van der Waals surface area contributed by atoms with E-state index in [1.807, 2.05) is 17.5 Å². The zero-order valence-corrected chi connectivity index (χ0v) is 11.9. The van der Waals surface area contributed by atoms with Crippen molar-refractivity contribution >= 4 is 34.5 Å². The Bertz CT molecular complexity index is 625. The Morgan fingerprint density at radius 3 is 2.85 bits per heavy atom. The molecule has 2 rings (SSSR count). The third-order valence-corrected chi connectivity index (χ3v) is 3.92. The summed E-state index contributed by atoms with van der Waals surface area (Å²) in [5.41, 5.74) is 6.30. The molecule has 3 nitrogen and oxygen atoms in total. The van der Waals surface area contributed by atoms with E-state index in [2.05, 4.69) is 10.2 Å². The number of nitrogens with zero attached hydrogens (tertiary/aromatic N) is 2. The minimum atomic E-state index is -0.866. The van der Waals surface area contributed by atoms with E-state index in [-0.39, 0.29) is 5.17 Å². The highest BCUT2D eigenvalue weighted by molar-refractivity contribution is 8.13. The number of benzene rings is 1. The van der Waals surface area contributed by atoms with Crippen molar-refractivity contribution in [2.24, 2.45) is 15.9 Å². The van der Waals surface area contributed by atoms with Crippen molar-refractivity contribution in [1.29, 1.82) is 0 Å². The van der Waals surface area contributed by atoms with Crippen LogP contribution in [0.3, 0.4) is 0 Å². The fourth-order valence-electron chi connectivity index (χ4n) is 1.32. The minimum absolute atomic E-state index is 0.266. The average Bonchev–Trinajstić information content (AvgIpc) is 2.93. The zero-order chi connectivity index (χ0) is 14.4. The highest BCUT2D eigenvalue weighted by atomic mass is 32.2. The van der Waals surface area contributed by atoms with Crippen LogP contribution in [0.2, 0.25) is 0 Å². The van der Waals surface area contributed by atoms with E-state index in [1.165, 1.54) is 17.8 Å². The SMILES string of the molecule is NC(=N/N=C\c1cccs1)SCc1ccc(F)c(F)c1. The fourth-order valence-corrected chi connectivity index (χ4v) is 2.50. The second-order valence-corrected chi connectivity index (χ2v) is 5.71. The molecule has 104 valence electrons. The van der Waals surface area contributed by atoms with E-state index in [1.54, 1.807) is 17.6 Å². The van der Waals surface area contributed by atoms with Gasteiger partial charge in [0, 0.05) is 10.6 Å². The molecule has 0 fully saturated rings. The molecule has 0 unspecified atom stereocenters. The quantitative estimate of drug-likeness (QED) is 0.533. The van der Waals surface area contributed by atoms with E-state index >= 15 is 0 Å². The smallest absolute Gasteiger partial charge is 0.180 e. The molecular formula is C13H11F2N3S2. The summed E-state index contributed by atoms with van der Waals surface area (Å²) in [4.78, 5) is 0.979. The van der Waals surface area contributed by atoms with Crippen LogP contribution in [-0.4, -0.2) is 11.4 Å². The van der Waals surface area contributed by atoms with Crippen molar-refractivity contribution < 1.29 is 8.78 Å². The molecule has 0 radical (unpaired) electrons. The van der Waals surface area contributed by atoms with E-state index < -0.39 is 11.6 Å². The van der Waals surface area contributed by atoms with E-state index in [4.69, 9.17) is 5.73 Å². The summed E-state index contributed by atoms with van der Waals surface area (Å²) in [6, 6.07) is 7.57. The molecule has 0 spiro atoms. The van der Waals surface area contributed by atoms with Gasteiger partial charge in [-0.2, -0.15) is 5.10 Å². The molecule has 1 aromatic carbocycles. The Kier molecular flexibility index (Phi) is 5.25. The molecule has 0 saturated heterocycles. The Hall–Kier alpha value is -1.73. The Morgan fingerprint density at radius 1 is 1.30 bits per heavy atom. The number of halogens is 2.